The molecule has 0 spiro atoms. The second-order valence-corrected chi connectivity index (χ2v) is 6.04. The molecule has 0 aliphatic carbocycles. The smallest absolute Gasteiger partial charge is 0.245 e. The predicted molar refractivity (Wildman–Crippen MR) is 73.9 cm³/mol. The lowest BCUT2D eigenvalue weighted by atomic mass is 10.2. The summed E-state index contributed by atoms with van der Waals surface area (Å²) in [5, 5.41) is 3.07. The molecule has 19 heavy (non-hydrogen) atoms. The Labute approximate surface area is 114 Å². The zero-order valence-electron chi connectivity index (χ0n) is 11.6. The van der Waals surface area contributed by atoms with Gasteiger partial charge in [0.25, 0.3) is 0 Å². The first-order valence-corrected chi connectivity index (χ1v) is 7.90. The van der Waals surface area contributed by atoms with Crippen LogP contribution in [-0.2, 0) is 16.6 Å². The number of benzene rings is 1. The third-order valence-corrected chi connectivity index (χ3v) is 4.98. The summed E-state index contributed by atoms with van der Waals surface area (Å²) in [7, 11) is -3.73. The molecular formula is C13H21FN2O2S. The molecule has 0 fully saturated rings. The lowest BCUT2D eigenvalue weighted by Crippen LogP contribution is -2.31. The van der Waals surface area contributed by atoms with Gasteiger partial charge in [-0.2, -0.15) is 4.31 Å². The Kier molecular flexibility index (Phi) is 5.90. The fraction of sp³-hybridized carbons (Fsp3) is 0.538. The van der Waals surface area contributed by atoms with E-state index in [0.29, 0.717) is 19.6 Å². The van der Waals surface area contributed by atoms with Crippen LogP contribution in [-0.4, -0.2) is 32.4 Å². The van der Waals surface area contributed by atoms with E-state index in [2.05, 4.69) is 5.32 Å². The molecule has 1 rings (SSSR count). The topological polar surface area (TPSA) is 49.4 Å². The second-order valence-electron chi connectivity index (χ2n) is 4.13. The number of hydrogen-bond donors (Lipinski definition) is 1. The van der Waals surface area contributed by atoms with Crippen molar-refractivity contribution in [3.63, 3.8) is 0 Å². The van der Waals surface area contributed by atoms with Crippen LogP contribution in [0.3, 0.4) is 0 Å². The van der Waals surface area contributed by atoms with Crippen LogP contribution in [0.2, 0.25) is 0 Å². The number of rotatable bonds is 7. The summed E-state index contributed by atoms with van der Waals surface area (Å²) in [6, 6.07) is 4.26. The van der Waals surface area contributed by atoms with Crippen LogP contribution >= 0.6 is 0 Å². The molecule has 0 bridgehead atoms. The van der Waals surface area contributed by atoms with Gasteiger partial charge in [0, 0.05) is 19.6 Å². The molecule has 0 saturated carbocycles. The standard InChI is InChI=1S/C13H21FN2O2S/c1-4-15-10-11-7-8-13(12(14)9-11)19(17,18)16(5-2)6-3/h7-9,15H,4-6,10H2,1-3H3. The van der Waals surface area contributed by atoms with E-state index in [9.17, 15) is 12.8 Å². The van der Waals surface area contributed by atoms with E-state index in [1.54, 1.807) is 19.9 Å². The van der Waals surface area contributed by atoms with Gasteiger partial charge in [0.1, 0.15) is 10.7 Å². The van der Waals surface area contributed by atoms with Crippen LogP contribution in [0.25, 0.3) is 0 Å². The van der Waals surface area contributed by atoms with Gasteiger partial charge in [0.15, 0.2) is 0 Å². The van der Waals surface area contributed by atoms with Gasteiger partial charge < -0.3 is 5.32 Å². The molecule has 0 aliphatic heterocycles. The van der Waals surface area contributed by atoms with E-state index in [-0.39, 0.29) is 4.90 Å². The summed E-state index contributed by atoms with van der Waals surface area (Å²) < 4.78 is 39.6. The number of sulfonamides is 1. The molecule has 0 aromatic heterocycles. The summed E-state index contributed by atoms with van der Waals surface area (Å²) in [6.45, 7) is 7.39. The van der Waals surface area contributed by atoms with Crippen molar-refractivity contribution in [2.75, 3.05) is 19.6 Å². The van der Waals surface area contributed by atoms with Crippen molar-refractivity contribution in [1.82, 2.24) is 9.62 Å². The van der Waals surface area contributed by atoms with Crippen LogP contribution in [0.15, 0.2) is 23.1 Å². The molecule has 0 aliphatic rings. The van der Waals surface area contributed by atoms with Gasteiger partial charge >= 0.3 is 0 Å². The molecule has 4 nitrogen and oxygen atoms in total. The maximum absolute atomic E-state index is 14.0. The second kappa shape index (κ2) is 6.98. The average Bonchev–Trinajstić information content (AvgIpc) is 2.37. The molecule has 6 heteroatoms. The molecule has 0 atom stereocenters. The fourth-order valence-corrected chi connectivity index (χ4v) is 3.34. The lowest BCUT2D eigenvalue weighted by Gasteiger charge is -2.19. The minimum absolute atomic E-state index is 0.253. The fourth-order valence-electron chi connectivity index (χ4n) is 1.84. The van der Waals surface area contributed by atoms with E-state index < -0.39 is 15.8 Å². The highest BCUT2D eigenvalue weighted by atomic mass is 32.2. The molecule has 0 unspecified atom stereocenters. The van der Waals surface area contributed by atoms with Gasteiger partial charge in [-0.25, -0.2) is 12.8 Å². The molecule has 1 aromatic rings. The largest absolute Gasteiger partial charge is 0.313 e. The Morgan fingerprint density at radius 2 is 1.84 bits per heavy atom. The zero-order valence-corrected chi connectivity index (χ0v) is 12.4. The van der Waals surface area contributed by atoms with E-state index in [4.69, 9.17) is 0 Å². The van der Waals surface area contributed by atoms with Crippen LogP contribution in [0.4, 0.5) is 4.39 Å². The Balaban J connectivity index is 3.08. The van der Waals surface area contributed by atoms with Gasteiger partial charge in [-0.05, 0) is 24.2 Å². The zero-order chi connectivity index (χ0) is 14.5. The van der Waals surface area contributed by atoms with Crippen molar-refractivity contribution in [3.05, 3.63) is 29.6 Å². The number of nitrogens with zero attached hydrogens (tertiary/aromatic N) is 1. The Morgan fingerprint density at radius 1 is 1.21 bits per heavy atom. The SMILES string of the molecule is CCNCc1ccc(S(=O)(=O)N(CC)CC)c(F)c1. The Hall–Kier alpha value is -0.980. The van der Waals surface area contributed by atoms with Crippen molar-refractivity contribution in [3.8, 4) is 0 Å². The molecule has 1 aromatic carbocycles. The maximum atomic E-state index is 14.0. The molecule has 1 N–H and O–H groups in total. The first-order chi connectivity index (χ1) is 8.97. The van der Waals surface area contributed by atoms with Crippen molar-refractivity contribution < 1.29 is 12.8 Å². The summed E-state index contributed by atoms with van der Waals surface area (Å²) >= 11 is 0. The first kappa shape index (κ1) is 16.1. The van der Waals surface area contributed by atoms with E-state index in [0.717, 1.165) is 12.1 Å². The lowest BCUT2D eigenvalue weighted by molar-refractivity contribution is 0.440. The highest BCUT2D eigenvalue weighted by molar-refractivity contribution is 7.89. The number of halogens is 1. The van der Waals surface area contributed by atoms with Crippen molar-refractivity contribution in [2.45, 2.75) is 32.2 Å². The average molecular weight is 288 g/mol. The van der Waals surface area contributed by atoms with Crippen LogP contribution in [0, 0.1) is 5.82 Å². The quantitative estimate of drug-likeness (QED) is 0.834. The van der Waals surface area contributed by atoms with Gasteiger partial charge in [0.2, 0.25) is 10.0 Å². The number of hydrogen-bond acceptors (Lipinski definition) is 3. The molecular weight excluding hydrogens is 267 g/mol. The summed E-state index contributed by atoms with van der Waals surface area (Å²) in [6.07, 6.45) is 0. The van der Waals surface area contributed by atoms with Gasteiger partial charge in [0.05, 0.1) is 0 Å². The Bertz CT molecular complexity index is 513. The molecule has 0 radical (unpaired) electrons. The highest BCUT2D eigenvalue weighted by Crippen LogP contribution is 2.20. The minimum atomic E-state index is -3.73. The van der Waals surface area contributed by atoms with Crippen molar-refractivity contribution in [2.24, 2.45) is 0 Å². The van der Waals surface area contributed by atoms with E-state index in [1.807, 2.05) is 6.92 Å². The predicted octanol–water partition coefficient (Wildman–Crippen LogP) is 1.97. The van der Waals surface area contributed by atoms with E-state index in [1.165, 1.54) is 16.4 Å². The summed E-state index contributed by atoms with van der Waals surface area (Å²) in [4.78, 5) is -0.253. The highest BCUT2D eigenvalue weighted by Gasteiger charge is 2.25. The van der Waals surface area contributed by atoms with E-state index >= 15 is 0 Å². The molecule has 0 amide bonds. The van der Waals surface area contributed by atoms with Crippen LogP contribution in [0.1, 0.15) is 26.3 Å². The Morgan fingerprint density at radius 3 is 2.32 bits per heavy atom. The minimum Gasteiger partial charge on any atom is -0.313 e. The van der Waals surface area contributed by atoms with Crippen molar-refractivity contribution >= 4 is 10.0 Å². The third kappa shape index (κ3) is 3.75. The monoisotopic (exact) mass is 288 g/mol. The maximum Gasteiger partial charge on any atom is 0.245 e. The first-order valence-electron chi connectivity index (χ1n) is 6.46. The van der Waals surface area contributed by atoms with Crippen LogP contribution < -0.4 is 5.32 Å². The van der Waals surface area contributed by atoms with Crippen LogP contribution in [0.5, 0.6) is 0 Å². The van der Waals surface area contributed by atoms with Crippen molar-refractivity contribution in [1.29, 1.82) is 0 Å². The molecule has 0 heterocycles. The third-order valence-electron chi connectivity index (χ3n) is 2.90. The molecule has 0 saturated heterocycles. The number of nitrogens with one attached hydrogen (secondary N) is 1. The summed E-state index contributed by atoms with van der Waals surface area (Å²) in [5.74, 6) is -0.692. The molecule has 108 valence electrons. The normalized spacial score (nSPS) is 12.1. The summed E-state index contributed by atoms with van der Waals surface area (Å²) in [5.41, 5.74) is 0.734. The van der Waals surface area contributed by atoms with Gasteiger partial charge in [-0.15, -0.1) is 0 Å². The van der Waals surface area contributed by atoms with Gasteiger partial charge in [-0.1, -0.05) is 26.8 Å². The van der Waals surface area contributed by atoms with Gasteiger partial charge in [-0.3, -0.25) is 0 Å².